The highest BCUT2D eigenvalue weighted by molar-refractivity contribution is 5.96. The van der Waals surface area contributed by atoms with Gasteiger partial charge in [0.1, 0.15) is 18.1 Å². The van der Waals surface area contributed by atoms with Crippen molar-refractivity contribution in [2.75, 3.05) is 52.5 Å². The first-order chi connectivity index (χ1) is 23.0. The predicted molar refractivity (Wildman–Crippen MR) is 179 cm³/mol. The molecule has 0 radical (unpaired) electrons. The van der Waals surface area contributed by atoms with E-state index in [0.29, 0.717) is 39.3 Å². The summed E-state index contributed by atoms with van der Waals surface area (Å²) in [6, 6.07) is 14.7. The Morgan fingerprint density at radius 2 is 1.35 bits per heavy atom. The van der Waals surface area contributed by atoms with Crippen LogP contribution in [0.4, 0.5) is 0 Å². The van der Waals surface area contributed by atoms with E-state index in [4.69, 9.17) is 9.84 Å². The third kappa shape index (κ3) is 13.4. The third-order valence-corrected chi connectivity index (χ3v) is 7.95. The number of aliphatic hydroxyl groups excluding tert-OH is 1. The lowest BCUT2D eigenvalue weighted by Crippen LogP contribution is -2.59. The quantitative estimate of drug-likeness (QED) is 0.134. The van der Waals surface area contributed by atoms with Gasteiger partial charge in [-0.1, -0.05) is 74.5 Å². The minimum Gasteiger partial charge on any atom is -0.481 e. The van der Waals surface area contributed by atoms with Gasteiger partial charge in [0.15, 0.2) is 0 Å². The van der Waals surface area contributed by atoms with E-state index in [-0.39, 0.29) is 50.2 Å². The number of carbonyl (C=O) groups excluding carboxylic acids is 4. The van der Waals surface area contributed by atoms with Crippen molar-refractivity contribution in [3.05, 3.63) is 71.8 Å². The standard InChI is InChI=1S/C35H49N5O8/c1-25(2)21-28(36-31(42)23-27-11-7-4-8-12-27)33(45)37-29(24-32(43)44)34(46)38-30(22-26-9-5-3-6-10-26)35(47)40-15-13-39(14-16-40)17-19-48-20-18-41/h3-12,25,28-30,41H,13-24H2,1-2H3,(H,36,42)(H,37,45)(H,38,46)(H,43,44)/t28-,29-,30-/m0/s1. The van der Waals surface area contributed by atoms with Gasteiger partial charge in [0.25, 0.3) is 0 Å². The molecule has 3 atom stereocenters. The Bertz CT molecular complexity index is 1320. The number of nitrogens with zero attached hydrogens (tertiary/aromatic N) is 2. The van der Waals surface area contributed by atoms with Crippen molar-refractivity contribution in [1.82, 2.24) is 25.8 Å². The molecule has 48 heavy (non-hydrogen) atoms. The van der Waals surface area contributed by atoms with Crippen LogP contribution in [0.3, 0.4) is 0 Å². The number of ether oxygens (including phenoxy) is 1. The van der Waals surface area contributed by atoms with Crippen molar-refractivity contribution >= 4 is 29.6 Å². The van der Waals surface area contributed by atoms with E-state index in [1.54, 1.807) is 17.0 Å². The lowest BCUT2D eigenvalue weighted by atomic mass is 10.0. The molecule has 2 aromatic carbocycles. The number of piperazine rings is 1. The summed E-state index contributed by atoms with van der Waals surface area (Å²) in [5, 5.41) is 26.5. The molecule has 1 fully saturated rings. The van der Waals surface area contributed by atoms with Gasteiger partial charge in [-0.25, -0.2) is 0 Å². The van der Waals surface area contributed by atoms with E-state index in [2.05, 4.69) is 20.9 Å². The number of carbonyl (C=O) groups is 5. The number of hydrogen-bond acceptors (Lipinski definition) is 8. The van der Waals surface area contributed by atoms with Crippen LogP contribution in [0.15, 0.2) is 60.7 Å². The molecule has 1 aliphatic heterocycles. The Morgan fingerprint density at radius 1 is 0.771 bits per heavy atom. The summed E-state index contributed by atoms with van der Waals surface area (Å²) in [4.78, 5) is 69.4. The summed E-state index contributed by atoms with van der Waals surface area (Å²) < 4.78 is 5.35. The summed E-state index contributed by atoms with van der Waals surface area (Å²) >= 11 is 0. The lowest BCUT2D eigenvalue weighted by Gasteiger charge is -2.36. The second-order valence-electron chi connectivity index (χ2n) is 12.3. The number of rotatable bonds is 19. The minimum absolute atomic E-state index is 0.00549. The van der Waals surface area contributed by atoms with Gasteiger partial charge in [0.2, 0.25) is 23.6 Å². The zero-order valence-electron chi connectivity index (χ0n) is 27.8. The summed E-state index contributed by atoms with van der Waals surface area (Å²) in [5.74, 6) is -3.49. The van der Waals surface area contributed by atoms with Crippen molar-refractivity contribution in [2.24, 2.45) is 5.92 Å². The molecule has 2 aromatic rings. The van der Waals surface area contributed by atoms with Crippen molar-refractivity contribution in [3.8, 4) is 0 Å². The number of carboxylic acid groups (broad SMARTS) is 1. The highest BCUT2D eigenvalue weighted by Crippen LogP contribution is 2.12. The Balaban J connectivity index is 1.71. The number of nitrogens with one attached hydrogen (secondary N) is 3. The summed E-state index contributed by atoms with van der Waals surface area (Å²) in [5.41, 5.74) is 1.57. The van der Waals surface area contributed by atoms with E-state index in [9.17, 15) is 29.1 Å². The van der Waals surface area contributed by atoms with E-state index in [0.717, 1.165) is 11.1 Å². The Hall–Kier alpha value is -4.33. The first-order valence-corrected chi connectivity index (χ1v) is 16.4. The molecule has 0 unspecified atom stereocenters. The van der Waals surface area contributed by atoms with Crippen LogP contribution >= 0.6 is 0 Å². The van der Waals surface area contributed by atoms with Crippen LogP contribution in [0.1, 0.15) is 37.8 Å². The predicted octanol–water partition coefficient (Wildman–Crippen LogP) is 0.600. The monoisotopic (exact) mass is 667 g/mol. The van der Waals surface area contributed by atoms with Gasteiger partial charge in [-0.2, -0.15) is 0 Å². The highest BCUT2D eigenvalue weighted by Gasteiger charge is 2.33. The first-order valence-electron chi connectivity index (χ1n) is 16.4. The molecule has 0 aliphatic carbocycles. The van der Waals surface area contributed by atoms with Crippen molar-refractivity contribution in [2.45, 2.75) is 57.7 Å². The van der Waals surface area contributed by atoms with E-state index < -0.39 is 42.3 Å². The van der Waals surface area contributed by atoms with E-state index >= 15 is 0 Å². The van der Waals surface area contributed by atoms with E-state index in [1.165, 1.54) is 0 Å². The second kappa shape index (κ2) is 20.1. The number of benzene rings is 2. The highest BCUT2D eigenvalue weighted by atomic mass is 16.5. The maximum absolute atomic E-state index is 13.8. The summed E-state index contributed by atoms with van der Waals surface area (Å²) in [6.07, 6.45) is -0.230. The second-order valence-corrected chi connectivity index (χ2v) is 12.3. The SMILES string of the molecule is CC(C)C[C@H](NC(=O)Cc1ccccc1)C(=O)N[C@@H](CC(=O)O)C(=O)N[C@@H](Cc1ccccc1)C(=O)N1CCN(CCOCCO)CC1. The minimum atomic E-state index is -1.49. The van der Waals surface area contributed by atoms with Crippen LogP contribution in [0.25, 0.3) is 0 Å². The summed E-state index contributed by atoms with van der Waals surface area (Å²) in [7, 11) is 0. The number of aliphatic hydroxyl groups is 1. The number of carboxylic acids is 1. The van der Waals surface area contributed by atoms with Crippen LogP contribution in [-0.2, 0) is 41.6 Å². The molecule has 5 N–H and O–H groups in total. The molecule has 13 nitrogen and oxygen atoms in total. The third-order valence-electron chi connectivity index (χ3n) is 7.95. The van der Waals surface area contributed by atoms with Crippen LogP contribution in [0.5, 0.6) is 0 Å². The molecule has 3 rings (SSSR count). The van der Waals surface area contributed by atoms with Gasteiger partial charge in [0.05, 0.1) is 32.7 Å². The lowest BCUT2D eigenvalue weighted by molar-refractivity contribution is -0.142. The molecule has 0 bridgehead atoms. The molecule has 0 spiro atoms. The fraction of sp³-hybridized carbons (Fsp3) is 0.514. The molecule has 4 amide bonds. The Kier molecular flexibility index (Phi) is 16.0. The summed E-state index contributed by atoms with van der Waals surface area (Å²) in [6.45, 7) is 7.17. The van der Waals surface area contributed by atoms with Gasteiger partial charge in [0, 0.05) is 39.1 Å². The van der Waals surface area contributed by atoms with Gasteiger partial charge < -0.3 is 35.8 Å². The fourth-order valence-corrected chi connectivity index (χ4v) is 5.48. The van der Waals surface area contributed by atoms with Gasteiger partial charge >= 0.3 is 5.97 Å². The Morgan fingerprint density at radius 3 is 1.94 bits per heavy atom. The molecular weight excluding hydrogens is 618 g/mol. The van der Waals surface area contributed by atoms with Crippen LogP contribution < -0.4 is 16.0 Å². The number of aliphatic carboxylic acids is 1. The molecule has 13 heteroatoms. The average Bonchev–Trinajstić information content (AvgIpc) is 3.06. The maximum Gasteiger partial charge on any atom is 0.305 e. The molecule has 1 saturated heterocycles. The molecule has 0 aromatic heterocycles. The van der Waals surface area contributed by atoms with Crippen molar-refractivity contribution in [1.29, 1.82) is 0 Å². The molecule has 1 heterocycles. The van der Waals surface area contributed by atoms with Crippen LogP contribution in [0, 0.1) is 5.92 Å². The molecular formula is C35H49N5O8. The first kappa shape index (κ1) is 38.1. The fourth-order valence-electron chi connectivity index (χ4n) is 5.48. The largest absolute Gasteiger partial charge is 0.481 e. The zero-order chi connectivity index (χ0) is 34.9. The van der Waals surface area contributed by atoms with Gasteiger partial charge in [-0.05, 0) is 23.5 Å². The number of hydrogen-bond donors (Lipinski definition) is 5. The normalized spacial score (nSPS) is 15.3. The Labute approximate surface area is 282 Å². The smallest absolute Gasteiger partial charge is 0.305 e. The van der Waals surface area contributed by atoms with Gasteiger partial charge in [-0.15, -0.1) is 0 Å². The van der Waals surface area contributed by atoms with Crippen molar-refractivity contribution < 1.29 is 38.9 Å². The molecule has 1 aliphatic rings. The topological polar surface area (TPSA) is 178 Å². The number of amides is 4. The van der Waals surface area contributed by atoms with Crippen LogP contribution in [-0.4, -0.2) is 120 Å². The molecule has 262 valence electrons. The maximum atomic E-state index is 13.8. The van der Waals surface area contributed by atoms with Crippen molar-refractivity contribution in [3.63, 3.8) is 0 Å². The average molecular weight is 668 g/mol. The molecule has 0 saturated carbocycles. The van der Waals surface area contributed by atoms with Gasteiger partial charge in [-0.3, -0.25) is 28.9 Å². The zero-order valence-corrected chi connectivity index (χ0v) is 27.8. The van der Waals surface area contributed by atoms with E-state index in [1.807, 2.05) is 62.4 Å². The van der Waals surface area contributed by atoms with Crippen LogP contribution in [0.2, 0.25) is 0 Å².